The predicted molar refractivity (Wildman–Crippen MR) is 55.6 cm³/mol. The van der Waals surface area contributed by atoms with Gasteiger partial charge in [-0.2, -0.15) is 5.26 Å². The molecule has 0 fully saturated rings. The molecule has 1 heterocycles. The monoisotopic (exact) mass is 200 g/mol. The van der Waals surface area contributed by atoms with E-state index < -0.39 is 0 Å². The summed E-state index contributed by atoms with van der Waals surface area (Å²) in [5.74, 6) is -0.277. The lowest BCUT2D eigenvalue weighted by molar-refractivity contribution is 0.628. The number of aromatic amines is 1. The molecule has 0 aliphatic heterocycles. The lowest BCUT2D eigenvalue weighted by atomic mass is 10.1. The fourth-order valence-corrected chi connectivity index (χ4v) is 1.52. The highest BCUT2D eigenvalue weighted by molar-refractivity contribution is 5.67. The number of aryl methyl sites for hydroxylation is 1. The average Bonchev–Trinajstić information content (AvgIpc) is 2.61. The van der Waals surface area contributed by atoms with Crippen molar-refractivity contribution in [3.8, 4) is 17.3 Å². The van der Waals surface area contributed by atoms with Gasteiger partial charge in [-0.3, -0.25) is 0 Å². The van der Waals surface area contributed by atoms with Gasteiger partial charge in [-0.15, -0.1) is 0 Å². The summed E-state index contributed by atoms with van der Waals surface area (Å²) in [7, 11) is 0. The smallest absolute Gasteiger partial charge is 0.123 e. The number of nitrogens with zero attached hydrogens (tertiary/aromatic N) is 1. The molecule has 3 heteroatoms. The van der Waals surface area contributed by atoms with Crippen molar-refractivity contribution >= 4 is 0 Å². The van der Waals surface area contributed by atoms with Crippen LogP contribution in [0.2, 0.25) is 0 Å². The first-order chi connectivity index (χ1) is 7.20. The van der Waals surface area contributed by atoms with Gasteiger partial charge in [0.15, 0.2) is 0 Å². The van der Waals surface area contributed by atoms with E-state index in [0.29, 0.717) is 5.56 Å². The second-order valence-electron chi connectivity index (χ2n) is 3.36. The fraction of sp³-hybridized carbons (Fsp3) is 0.0833. The molecule has 1 aromatic carbocycles. The highest BCUT2D eigenvalue weighted by Gasteiger charge is 2.07. The van der Waals surface area contributed by atoms with E-state index >= 15 is 0 Å². The number of nitriles is 1. The van der Waals surface area contributed by atoms with Gasteiger partial charge in [-0.1, -0.05) is 0 Å². The Morgan fingerprint density at radius 1 is 1.27 bits per heavy atom. The van der Waals surface area contributed by atoms with Crippen LogP contribution < -0.4 is 0 Å². The van der Waals surface area contributed by atoms with E-state index in [-0.39, 0.29) is 5.82 Å². The van der Waals surface area contributed by atoms with Gasteiger partial charge in [-0.25, -0.2) is 4.39 Å². The van der Waals surface area contributed by atoms with Crippen molar-refractivity contribution in [1.29, 1.82) is 5.26 Å². The quantitative estimate of drug-likeness (QED) is 0.755. The molecule has 0 saturated heterocycles. The number of halogens is 1. The zero-order valence-corrected chi connectivity index (χ0v) is 8.21. The largest absolute Gasteiger partial charge is 0.358 e. The van der Waals surface area contributed by atoms with Crippen LogP contribution in [0.1, 0.15) is 11.3 Å². The second-order valence-corrected chi connectivity index (χ2v) is 3.36. The number of nitrogens with one attached hydrogen (secondary N) is 1. The Balaban J connectivity index is 2.54. The van der Waals surface area contributed by atoms with Crippen LogP contribution in [0, 0.1) is 24.1 Å². The molecule has 74 valence electrons. The lowest BCUT2D eigenvalue weighted by Gasteiger charge is -1.98. The van der Waals surface area contributed by atoms with E-state index in [1.54, 1.807) is 18.2 Å². The molecule has 0 saturated carbocycles. The molecule has 2 aromatic rings. The van der Waals surface area contributed by atoms with E-state index in [1.807, 2.05) is 6.92 Å². The molecule has 2 nitrogen and oxygen atoms in total. The summed E-state index contributed by atoms with van der Waals surface area (Å²) in [6.07, 6.45) is 0. The molecular weight excluding hydrogens is 191 g/mol. The minimum atomic E-state index is -0.277. The minimum Gasteiger partial charge on any atom is -0.358 e. The molecule has 0 bridgehead atoms. The van der Waals surface area contributed by atoms with Gasteiger partial charge >= 0.3 is 0 Å². The summed E-state index contributed by atoms with van der Waals surface area (Å²) >= 11 is 0. The summed E-state index contributed by atoms with van der Waals surface area (Å²) < 4.78 is 12.7. The molecule has 0 unspecified atom stereocenters. The van der Waals surface area contributed by atoms with Crippen molar-refractivity contribution in [3.63, 3.8) is 0 Å². The second kappa shape index (κ2) is 3.58. The molecule has 0 aliphatic rings. The normalized spacial score (nSPS) is 9.93. The van der Waals surface area contributed by atoms with Crippen molar-refractivity contribution in [1.82, 2.24) is 4.98 Å². The van der Waals surface area contributed by atoms with E-state index in [0.717, 1.165) is 17.0 Å². The topological polar surface area (TPSA) is 39.6 Å². The van der Waals surface area contributed by atoms with Gasteiger partial charge in [0.1, 0.15) is 11.9 Å². The summed E-state index contributed by atoms with van der Waals surface area (Å²) in [5.41, 5.74) is 3.07. The Kier molecular flexibility index (Phi) is 2.26. The van der Waals surface area contributed by atoms with Crippen molar-refractivity contribution in [3.05, 3.63) is 47.4 Å². The van der Waals surface area contributed by atoms with Crippen molar-refractivity contribution in [2.45, 2.75) is 6.92 Å². The van der Waals surface area contributed by atoms with E-state index in [4.69, 9.17) is 5.26 Å². The molecule has 0 atom stereocenters. The third-order valence-corrected chi connectivity index (χ3v) is 2.21. The zero-order valence-electron chi connectivity index (χ0n) is 8.21. The summed E-state index contributed by atoms with van der Waals surface area (Å²) in [6, 6.07) is 9.95. The number of benzene rings is 1. The maximum atomic E-state index is 12.7. The maximum Gasteiger partial charge on any atom is 0.123 e. The number of aromatic nitrogens is 1. The molecule has 0 radical (unpaired) electrons. The number of hydrogen-bond donors (Lipinski definition) is 1. The lowest BCUT2D eigenvalue weighted by Crippen LogP contribution is -1.82. The van der Waals surface area contributed by atoms with Crippen molar-refractivity contribution in [2.75, 3.05) is 0 Å². The molecule has 2 rings (SSSR count). The third kappa shape index (κ3) is 1.75. The Hall–Kier alpha value is -2.08. The van der Waals surface area contributed by atoms with Gasteiger partial charge < -0.3 is 4.98 Å². The highest BCUT2D eigenvalue weighted by atomic mass is 19.1. The summed E-state index contributed by atoms with van der Waals surface area (Å²) in [6.45, 7) is 1.88. The van der Waals surface area contributed by atoms with E-state index in [9.17, 15) is 4.39 Å². The highest BCUT2D eigenvalue weighted by Crippen LogP contribution is 2.23. The van der Waals surface area contributed by atoms with Crippen LogP contribution in [-0.2, 0) is 0 Å². The van der Waals surface area contributed by atoms with Crippen LogP contribution in [0.25, 0.3) is 11.3 Å². The Labute approximate surface area is 87.0 Å². The molecule has 15 heavy (non-hydrogen) atoms. The predicted octanol–water partition coefficient (Wildman–Crippen LogP) is 3.00. The molecule has 0 aliphatic carbocycles. The third-order valence-electron chi connectivity index (χ3n) is 2.21. The van der Waals surface area contributed by atoms with E-state index in [1.165, 1.54) is 12.1 Å². The number of rotatable bonds is 1. The minimum absolute atomic E-state index is 0.277. The van der Waals surface area contributed by atoms with Crippen molar-refractivity contribution < 1.29 is 4.39 Å². The van der Waals surface area contributed by atoms with Crippen LogP contribution >= 0.6 is 0 Å². The van der Waals surface area contributed by atoms with Gasteiger partial charge in [0, 0.05) is 5.69 Å². The number of H-pyrrole nitrogens is 1. The van der Waals surface area contributed by atoms with Crippen molar-refractivity contribution in [2.24, 2.45) is 0 Å². The molecular formula is C12H9FN2. The zero-order chi connectivity index (χ0) is 10.8. The maximum absolute atomic E-state index is 12.7. The Morgan fingerprint density at radius 2 is 1.93 bits per heavy atom. The molecule has 0 spiro atoms. The average molecular weight is 200 g/mol. The van der Waals surface area contributed by atoms with E-state index in [2.05, 4.69) is 11.1 Å². The number of hydrogen-bond acceptors (Lipinski definition) is 1. The standard InChI is InChI=1S/C12H9FN2/c1-8-6-10(7-14)12(15-8)9-2-4-11(13)5-3-9/h2-6,15H,1H3. The Morgan fingerprint density at radius 3 is 2.53 bits per heavy atom. The van der Waals surface area contributed by atoms with Crippen LogP contribution in [-0.4, -0.2) is 4.98 Å². The van der Waals surface area contributed by atoms with Gasteiger partial charge in [0.2, 0.25) is 0 Å². The Bertz CT molecular complexity index is 518. The van der Waals surface area contributed by atoms with Gasteiger partial charge in [0.05, 0.1) is 11.3 Å². The van der Waals surface area contributed by atoms with Gasteiger partial charge in [0.25, 0.3) is 0 Å². The van der Waals surface area contributed by atoms with Crippen LogP contribution in [0.3, 0.4) is 0 Å². The first-order valence-corrected chi connectivity index (χ1v) is 4.56. The molecule has 1 aromatic heterocycles. The van der Waals surface area contributed by atoms with Crippen LogP contribution in [0.4, 0.5) is 4.39 Å². The molecule has 0 amide bonds. The molecule has 1 N–H and O–H groups in total. The first kappa shape index (κ1) is 9.47. The van der Waals surface area contributed by atoms with Gasteiger partial charge in [-0.05, 0) is 42.8 Å². The summed E-state index contributed by atoms with van der Waals surface area (Å²) in [4.78, 5) is 3.09. The SMILES string of the molecule is Cc1cc(C#N)c(-c2ccc(F)cc2)[nH]1. The van der Waals surface area contributed by atoms with Crippen LogP contribution in [0.15, 0.2) is 30.3 Å². The summed E-state index contributed by atoms with van der Waals surface area (Å²) in [5, 5.41) is 8.90. The van der Waals surface area contributed by atoms with Crippen LogP contribution in [0.5, 0.6) is 0 Å². The first-order valence-electron chi connectivity index (χ1n) is 4.56. The fourth-order valence-electron chi connectivity index (χ4n) is 1.52.